The zero-order chi connectivity index (χ0) is 13.3. The van der Waals surface area contributed by atoms with Crippen molar-refractivity contribution in [2.45, 2.75) is 67.5 Å². The van der Waals surface area contributed by atoms with Crippen molar-refractivity contribution in [3.63, 3.8) is 0 Å². The second-order valence-corrected chi connectivity index (χ2v) is 4.67. The van der Waals surface area contributed by atoms with Gasteiger partial charge in [-0.1, -0.05) is 27.7 Å². The first-order valence-electron chi connectivity index (χ1n) is 6.42. The van der Waals surface area contributed by atoms with E-state index in [1.807, 2.05) is 46.4 Å². The molecule has 0 spiro atoms. The molecule has 1 N–H and O–H groups in total. The fraction of sp³-hybridized carbons (Fsp3) is 0.923. The van der Waals surface area contributed by atoms with Gasteiger partial charge in [-0.2, -0.15) is 0 Å². The van der Waals surface area contributed by atoms with E-state index in [0.717, 1.165) is 6.54 Å². The number of amides is 2. The summed E-state index contributed by atoms with van der Waals surface area (Å²) in [5.74, 6) is 0.500. The highest BCUT2D eigenvalue weighted by Gasteiger charge is 2.19. The lowest BCUT2D eigenvalue weighted by Crippen LogP contribution is -2.48. The highest BCUT2D eigenvalue weighted by atomic mass is 16.2. The molecule has 0 unspecified atom stereocenters. The molecule has 0 heterocycles. The van der Waals surface area contributed by atoms with E-state index in [1.165, 1.54) is 0 Å². The Morgan fingerprint density at radius 3 is 1.62 bits per heavy atom. The Labute approximate surface area is 102 Å². The van der Waals surface area contributed by atoms with Crippen LogP contribution in [0.5, 0.6) is 0 Å². The van der Waals surface area contributed by atoms with Gasteiger partial charge in [-0.25, -0.2) is 4.79 Å². The number of nitrogens with zero attached hydrogens (tertiary/aromatic N) is 1. The molecule has 16 heavy (non-hydrogen) atoms. The summed E-state index contributed by atoms with van der Waals surface area (Å²) in [6.07, 6.45) is 0. The van der Waals surface area contributed by atoms with Crippen LogP contribution in [0.3, 0.4) is 0 Å². The quantitative estimate of drug-likeness (QED) is 0.787. The van der Waals surface area contributed by atoms with Gasteiger partial charge in [0.2, 0.25) is 0 Å². The van der Waals surface area contributed by atoms with Crippen LogP contribution >= 0.6 is 0 Å². The van der Waals surface area contributed by atoms with Gasteiger partial charge in [-0.05, 0) is 33.6 Å². The summed E-state index contributed by atoms with van der Waals surface area (Å²) in [6.45, 7) is 17.1. The largest absolute Gasteiger partial charge is 0.338 e. The summed E-state index contributed by atoms with van der Waals surface area (Å²) in [4.78, 5) is 13.6. The van der Waals surface area contributed by atoms with Gasteiger partial charge < -0.3 is 10.2 Å². The molecule has 0 aliphatic heterocycles. The summed E-state index contributed by atoms with van der Waals surface area (Å²) < 4.78 is 0. The highest BCUT2D eigenvalue weighted by molar-refractivity contribution is 5.74. The molecule has 0 aliphatic carbocycles. The maximum absolute atomic E-state index is 11.7. The van der Waals surface area contributed by atoms with Gasteiger partial charge in [-0.3, -0.25) is 0 Å². The normalized spacial score (nSPS) is 10.2. The van der Waals surface area contributed by atoms with Crippen LogP contribution in [0.4, 0.5) is 4.79 Å². The lowest BCUT2D eigenvalue weighted by molar-refractivity contribution is 0.164. The van der Waals surface area contributed by atoms with Gasteiger partial charge in [-0.15, -0.1) is 0 Å². The molecule has 0 bridgehead atoms. The molecule has 0 radical (unpaired) electrons. The Bertz CT molecular complexity index is 169. The van der Waals surface area contributed by atoms with E-state index in [2.05, 4.69) is 19.2 Å². The van der Waals surface area contributed by atoms with Crippen molar-refractivity contribution < 1.29 is 4.79 Å². The van der Waals surface area contributed by atoms with Crippen LogP contribution in [0.25, 0.3) is 0 Å². The molecular weight excluding hydrogens is 200 g/mol. The predicted molar refractivity (Wildman–Crippen MR) is 71.7 cm³/mol. The number of hydrogen-bond donors (Lipinski definition) is 1. The van der Waals surface area contributed by atoms with Crippen LogP contribution in [-0.4, -0.2) is 29.6 Å². The topological polar surface area (TPSA) is 32.3 Å². The fourth-order valence-electron chi connectivity index (χ4n) is 1.45. The van der Waals surface area contributed by atoms with Crippen LogP contribution in [0.15, 0.2) is 0 Å². The van der Waals surface area contributed by atoms with Crippen LogP contribution in [0.2, 0.25) is 0 Å². The number of urea groups is 1. The fourth-order valence-corrected chi connectivity index (χ4v) is 1.45. The average molecular weight is 230 g/mol. The zero-order valence-corrected chi connectivity index (χ0v) is 12.3. The predicted octanol–water partition coefficient (Wildman–Crippen LogP) is 3.50. The second-order valence-electron chi connectivity index (χ2n) is 4.67. The maximum atomic E-state index is 11.7. The first-order chi connectivity index (χ1) is 7.36. The molecule has 0 saturated carbocycles. The summed E-state index contributed by atoms with van der Waals surface area (Å²) in [6, 6.07) is 0.549. The van der Waals surface area contributed by atoms with Gasteiger partial charge in [0.05, 0.1) is 0 Å². The van der Waals surface area contributed by atoms with Crippen LogP contribution in [-0.2, 0) is 0 Å². The molecule has 0 atom stereocenters. The molecule has 3 nitrogen and oxygen atoms in total. The van der Waals surface area contributed by atoms with Crippen molar-refractivity contribution in [1.82, 2.24) is 10.2 Å². The summed E-state index contributed by atoms with van der Waals surface area (Å²) >= 11 is 0. The number of nitrogens with one attached hydrogen (secondary N) is 1. The molecule has 0 saturated heterocycles. The van der Waals surface area contributed by atoms with Gasteiger partial charge in [0.1, 0.15) is 0 Å². The molecule has 0 rings (SSSR count). The summed E-state index contributed by atoms with van der Waals surface area (Å²) in [7, 11) is 0. The number of carbonyl (C=O) groups is 1. The van der Waals surface area contributed by atoms with E-state index in [1.54, 1.807) is 0 Å². The molecule has 2 amide bonds. The van der Waals surface area contributed by atoms with E-state index in [4.69, 9.17) is 0 Å². The average Bonchev–Trinajstić information content (AvgIpc) is 2.16. The molecule has 98 valence electrons. The first-order valence-corrected chi connectivity index (χ1v) is 6.42. The standard InChI is InChI=1S/C11H24N2O.C2H6/c1-8(2)7-12-11(14)13(9(3)4)10(5)6;1-2/h8-10H,7H2,1-6H3,(H,12,14);1-2H3. The van der Waals surface area contributed by atoms with Gasteiger partial charge in [0.15, 0.2) is 0 Å². The SMILES string of the molecule is CC.CC(C)CNC(=O)N(C(C)C)C(C)C. The minimum absolute atomic E-state index is 0.0451. The summed E-state index contributed by atoms with van der Waals surface area (Å²) in [5.41, 5.74) is 0. The third kappa shape index (κ3) is 7.55. The smallest absolute Gasteiger partial charge is 0.317 e. The van der Waals surface area contributed by atoms with E-state index in [0.29, 0.717) is 5.92 Å². The van der Waals surface area contributed by atoms with Crippen molar-refractivity contribution in [2.24, 2.45) is 5.92 Å². The lowest BCUT2D eigenvalue weighted by Gasteiger charge is -2.31. The Morgan fingerprint density at radius 2 is 1.38 bits per heavy atom. The van der Waals surface area contributed by atoms with Gasteiger partial charge in [0.25, 0.3) is 0 Å². The van der Waals surface area contributed by atoms with Gasteiger partial charge >= 0.3 is 6.03 Å². The van der Waals surface area contributed by atoms with Crippen LogP contribution in [0, 0.1) is 5.92 Å². The molecule has 0 aromatic carbocycles. The number of rotatable bonds is 4. The number of hydrogen-bond acceptors (Lipinski definition) is 1. The monoisotopic (exact) mass is 230 g/mol. The Kier molecular flexibility index (Phi) is 10.5. The Morgan fingerprint density at radius 1 is 1.00 bits per heavy atom. The van der Waals surface area contributed by atoms with Gasteiger partial charge in [0, 0.05) is 18.6 Å². The molecule has 0 fully saturated rings. The van der Waals surface area contributed by atoms with E-state index in [-0.39, 0.29) is 18.1 Å². The maximum Gasteiger partial charge on any atom is 0.317 e. The Balaban J connectivity index is 0. The second kappa shape index (κ2) is 9.49. The van der Waals surface area contributed by atoms with E-state index < -0.39 is 0 Å². The van der Waals surface area contributed by atoms with Crippen LogP contribution in [0.1, 0.15) is 55.4 Å². The van der Waals surface area contributed by atoms with E-state index >= 15 is 0 Å². The van der Waals surface area contributed by atoms with Crippen molar-refractivity contribution in [3.05, 3.63) is 0 Å². The molecule has 0 aliphatic rings. The Hall–Kier alpha value is -0.730. The van der Waals surface area contributed by atoms with Crippen molar-refractivity contribution >= 4 is 6.03 Å². The third-order valence-corrected chi connectivity index (χ3v) is 2.01. The summed E-state index contributed by atoms with van der Waals surface area (Å²) in [5, 5.41) is 2.93. The third-order valence-electron chi connectivity index (χ3n) is 2.01. The minimum Gasteiger partial charge on any atom is -0.338 e. The zero-order valence-electron chi connectivity index (χ0n) is 12.3. The highest BCUT2D eigenvalue weighted by Crippen LogP contribution is 2.05. The number of carbonyl (C=O) groups excluding carboxylic acids is 1. The molecular formula is C13H30N2O. The van der Waals surface area contributed by atoms with Crippen molar-refractivity contribution in [1.29, 1.82) is 0 Å². The van der Waals surface area contributed by atoms with E-state index in [9.17, 15) is 4.79 Å². The van der Waals surface area contributed by atoms with Crippen molar-refractivity contribution in [2.75, 3.05) is 6.54 Å². The first kappa shape index (κ1) is 17.7. The lowest BCUT2D eigenvalue weighted by atomic mass is 10.2. The minimum atomic E-state index is 0.0451. The molecule has 3 heteroatoms. The molecule has 0 aromatic rings. The van der Waals surface area contributed by atoms with Crippen molar-refractivity contribution in [3.8, 4) is 0 Å². The van der Waals surface area contributed by atoms with Crippen LogP contribution < -0.4 is 5.32 Å². The molecule has 0 aromatic heterocycles.